The smallest absolute Gasteiger partial charge is 0.118 e. The molecule has 3 atom stereocenters. The van der Waals surface area contributed by atoms with Crippen LogP contribution in [0.2, 0.25) is 0 Å². The highest BCUT2D eigenvalue weighted by atomic mass is 19.1. The zero-order valence-corrected chi connectivity index (χ0v) is 11.6. The zero-order chi connectivity index (χ0) is 13.8. The second kappa shape index (κ2) is 6.35. The monoisotopic (exact) mass is 267 g/mol. The third-order valence-corrected chi connectivity index (χ3v) is 4.10. The van der Waals surface area contributed by atoms with Gasteiger partial charge in [-0.15, -0.1) is 0 Å². The van der Waals surface area contributed by atoms with E-state index < -0.39 is 12.8 Å². The van der Waals surface area contributed by atoms with Gasteiger partial charge in [0, 0.05) is 18.5 Å². The number of hydrogen-bond donors (Lipinski definition) is 1. The minimum Gasteiger partial charge on any atom is -0.497 e. The van der Waals surface area contributed by atoms with Crippen molar-refractivity contribution in [3.63, 3.8) is 0 Å². The van der Waals surface area contributed by atoms with Gasteiger partial charge in [-0.1, -0.05) is 12.1 Å². The fourth-order valence-corrected chi connectivity index (χ4v) is 2.70. The summed E-state index contributed by atoms with van der Waals surface area (Å²) in [5, 5.41) is 9.58. The van der Waals surface area contributed by atoms with Gasteiger partial charge >= 0.3 is 0 Å². The number of hydrogen-bond acceptors (Lipinski definition) is 3. The Bertz CT molecular complexity index is 396. The van der Waals surface area contributed by atoms with Crippen LogP contribution in [0.5, 0.6) is 5.75 Å². The number of ether oxygens (including phenoxy) is 1. The van der Waals surface area contributed by atoms with Gasteiger partial charge in [0.05, 0.1) is 13.2 Å². The highest BCUT2D eigenvalue weighted by Crippen LogP contribution is 2.29. The van der Waals surface area contributed by atoms with E-state index in [0.29, 0.717) is 0 Å². The van der Waals surface area contributed by atoms with Crippen LogP contribution in [0.3, 0.4) is 0 Å². The molecule has 106 valence electrons. The van der Waals surface area contributed by atoms with Crippen LogP contribution in [-0.2, 0) is 0 Å². The summed E-state index contributed by atoms with van der Waals surface area (Å²) < 4.78 is 17.6. The summed E-state index contributed by atoms with van der Waals surface area (Å²) in [6.07, 6.45) is 0.0547. The number of rotatable bonds is 5. The molecule has 0 amide bonds. The summed E-state index contributed by atoms with van der Waals surface area (Å²) in [4.78, 5) is 2.30. The highest BCUT2D eigenvalue weighted by molar-refractivity contribution is 5.29. The van der Waals surface area contributed by atoms with Crippen molar-refractivity contribution in [2.45, 2.75) is 25.5 Å². The van der Waals surface area contributed by atoms with Crippen LogP contribution in [0.1, 0.15) is 24.9 Å². The molecule has 1 fully saturated rings. The first-order valence-corrected chi connectivity index (χ1v) is 6.77. The maximum absolute atomic E-state index is 12.5. The lowest BCUT2D eigenvalue weighted by molar-refractivity contribution is 0.0808. The van der Waals surface area contributed by atoms with Gasteiger partial charge in [-0.3, -0.25) is 4.90 Å². The number of nitrogens with zero attached hydrogens (tertiary/aromatic N) is 1. The van der Waals surface area contributed by atoms with E-state index in [-0.39, 0.29) is 12.0 Å². The van der Waals surface area contributed by atoms with Crippen LogP contribution in [0.4, 0.5) is 4.39 Å². The van der Waals surface area contributed by atoms with E-state index in [4.69, 9.17) is 4.74 Å². The molecule has 0 spiro atoms. The minimum absolute atomic E-state index is 0.0608. The first-order chi connectivity index (χ1) is 9.15. The van der Waals surface area contributed by atoms with Gasteiger partial charge in [0.25, 0.3) is 0 Å². The Balaban J connectivity index is 1.98. The third kappa shape index (κ3) is 3.25. The summed E-state index contributed by atoms with van der Waals surface area (Å²) in [6.45, 7) is 3.18. The third-order valence-electron chi connectivity index (χ3n) is 4.10. The predicted octanol–water partition coefficient (Wildman–Crippen LogP) is 2.41. The van der Waals surface area contributed by atoms with Crippen LogP contribution in [0.15, 0.2) is 24.3 Å². The maximum Gasteiger partial charge on any atom is 0.118 e. The molecule has 1 aromatic rings. The normalized spacial score (nSPS) is 23.3. The van der Waals surface area contributed by atoms with Crippen molar-refractivity contribution in [2.24, 2.45) is 5.92 Å². The summed E-state index contributed by atoms with van der Waals surface area (Å²) >= 11 is 0. The van der Waals surface area contributed by atoms with Crippen molar-refractivity contribution < 1.29 is 14.2 Å². The van der Waals surface area contributed by atoms with Gasteiger partial charge in [0.15, 0.2) is 0 Å². The molecule has 1 heterocycles. The van der Waals surface area contributed by atoms with Crippen LogP contribution < -0.4 is 4.74 Å². The molecule has 1 aliphatic heterocycles. The molecule has 0 aliphatic carbocycles. The molecular weight excluding hydrogens is 245 g/mol. The molecule has 1 aliphatic rings. The quantitative estimate of drug-likeness (QED) is 0.889. The fraction of sp³-hybridized carbons (Fsp3) is 0.600. The molecule has 1 saturated heterocycles. The molecule has 2 rings (SSSR count). The van der Waals surface area contributed by atoms with Gasteiger partial charge in [-0.05, 0) is 37.6 Å². The Kier molecular flexibility index (Phi) is 4.77. The molecule has 1 aromatic carbocycles. The van der Waals surface area contributed by atoms with Gasteiger partial charge in [-0.2, -0.15) is 0 Å². The molecular formula is C15H22FNO2. The van der Waals surface area contributed by atoms with Gasteiger partial charge in [0.1, 0.15) is 12.4 Å². The van der Waals surface area contributed by atoms with Crippen molar-refractivity contribution in [1.82, 2.24) is 4.90 Å². The number of halogens is 1. The Morgan fingerprint density at radius 1 is 1.42 bits per heavy atom. The standard InChI is InChI=1S/C15H22FNO2/c1-11(12-3-5-14(19-2)6-4-12)17-8-7-13(10-17)15(18)9-16/h3-6,11,13,15,18H,7-10H2,1-2H3/t11-,13-,15+/m1/s1. The zero-order valence-electron chi connectivity index (χ0n) is 11.6. The molecule has 3 nitrogen and oxygen atoms in total. The Morgan fingerprint density at radius 2 is 2.11 bits per heavy atom. The predicted molar refractivity (Wildman–Crippen MR) is 73.1 cm³/mol. The van der Waals surface area contributed by atoms with Gasteiger partial charge in [0.2, 0.25) is 0 Å². The number of alkyl halides is 1. The Labute approximate surface area is 114 Å². The topological polar surface area (TPSA) is 32.7 Å². The number of likely N-dealkylation sites (tertiary alicyclic amines) is 1. The fourth-order valence-electron chi connectivity index (χ4n) is 2.70. The summed E-state index contributed by atoms with van der Waals surface area (Å²) in [6, 6.07) is 8.30. The van der Waals surface area contributed by atoms with E-state index in [0.717, 1.165) is 25.3 Å². The van der Waals surface area contributed by atoms with Crippen LogP contribution in [0, 0.1) is 5.92 Å². The second-order valence-electron chi connectivity index (χ2n) is 5.21. The van der Waals surface area contributed by atoms with Crippen molar-refractivity contribution >= 4 is 0 Å². The molecule has 0 aromatic heterocycles. The molecule has 0 radical (unpaired) electrons. The second-order valence-corrected chi connectivity index (χ2v) is 5.21. The Hall–Kier alpha value is -1.13. The van der Waals surface area contributed by atoms with Gasteiger partial charge < -0.3 is 9.84 Å². The summed E-state index contributed by atoms with van der Waals surface area (Å²) in [7, 11) is 1.65. The number of aliphatic hydroxyl groups excluding tert-OH is 1. The molecule has 19 heavy (non-hydrogen) atoms. The van der Waals surface area contributed by atoms with Crippen molar-refractivity contribution in [2.75, 3.05) is 26.9 Å². The summed E-state index contributed by atoms with van der Waals surface area (Å²) in [5.41, 5.74) is 1.22. The average molecular weight is 267 g/mol. The largest absolute Gasteiger partial charge is 0.497 e. The van der Waals surface area contributed by atoms with Crippen molar-refractivity contribution in [3.05, 3.63) is 29.8 Å². The average Bonchev–Trinajstić information content (AvgIpc) is 2.95. The molecule has 0 saturated carbocycles. The molecule has 1 N–H and O–H groups in total. The lowest BCUT2D eigenvalue weighted by Gasteiger charge is -2.25. The van der Waals surface area contributed by atoms with E-state index in [1.54, 1.807) is 7.11 Å². The van der Waals surface area contributed by atoms with Crippen LogP contribution in [-0.4, -0.2) is 43.0 Å². The molecule has 0 unspecified atom stereocenters. The molecule has 0 bridgehead atoms. The van der Waals surface area contributed by atoms with E-state index >= 15 is 0 Å². The lowest BCUT2D eigenvalue weighted by atomic mass is 10.0. The van der Waals surface area contributed by atoms with Crippen LogP contribution >= 0.6 is 0 Å². The first kappa shape index (κ1) is 14.3. The molecule has 4 heteroatoms. The van der Waals surface area contributed by atoms with E-state index in [2.05, 4.69) is 24.0 Å². The highest BCUT2D eigenvalue weighted by Gasteiger charge is 2.31. The van der Waals surface area contributed by atoms with E-state index in [1.165, 1.54) is 5.56 Å². The summed E-state index contributed by atoms with van der Waals surface area (Å²) in [5.74, 6) is 0.911. The van der Waals surface area contributed by atoms with Crippen molar-refractivity contribution in [3.8, 4) is 5.75 Å². The SMILES string of the molecule is COc1ccc([C@@H](C)N2CC[C@@H]([C@@H](O)CF)C2)cc1. The maximum atomic E-state index is 12.5. The lowest BCUT2D eigenvalue weighted by Crippen LogP contribution is -2.28. The number of methoxy groups -OCH3 is 1. The van der Waals surface area contributed by atoms with Crippen LogP contribution in [0.25, 0.3) is 0 Å². The Morgan fingerprint density at radius 3 is 2.68 bits per heavy atom. The number of benzene rings is 1. The number of aliphatic hydroxyl groups is 1. The minimum atomic E-state index is -0.812. The van der Waals surface area contributed by atoms with E-state index in [9.17, 15) is 9.50 Å². The first-order valence-electron chi connectivity index (χ1n) is 6.77. The van der Waals surface area contributed by atoms with Crippen molar-refractivity contribution in [1.29, 1.82) is 0 Å². The van der Waals surface area contributed by atoms with Gasteiger partial charge in [-0.25, -0.2) is 4.39 Å². The van der Waals surface area contributed by atoms with E-state index in [1.807, 2.05) is 12.1 Å².